The molecule has 1 aromatic rings. The molecule has 0 saturated heterocycles. The second-order valence-corrected chi connectivity index (χ2v) is 4.03. The first-order valence-electron chi connectivity index (χ1n) is 4.85. The van der Waals surface area contributed by atoms with Crippen LogP contribution in [-0.4, -0.2) is 18.6 Å². The molecule has 70 valence electrons. The van der Waals surface area contributed by atoms with Crippen LogP contribution in [0.1, 0.15) is 18.9 Å². The van der Waals surface area contributed by atoms with Crippen molar-refractivity contribution in [1.82, 2.24) is 10.3 Å². The van der Waals surface area contributed by atoms with Crippen LogP contribution < -0.4 is 5.32 Å². The number of likely N-dealkylation sites (N-methyl/N-ethyl adjacent to an activating group) is 1. The van der Waals surface area contributed by atoms with Crippen molar-refractivity contribution in [1.29, 1.82) is 0 Å². The third-order valence-electron chi connectivity index (χ3n) is 3.18. The summed E-state index contributed by atoms with van der Waals surface area (Å²) in [6.07, 6.45) is 5.13. The number of rotatable bonds is 3. The Hall–Kier alpha value is -0.890. The zero-order valence-corrected chi connectivity index (χ0v) is 8.25. The highest BCUT2D eigenvalue weighted by Gasteiger charge is 2.51. The average molecular weight is 176 g/mol. The van der Waals surface area contributed by atoms with Crippen LogP contribution in [0.4, 0.5) is 0 Å². The van der Waals surface area contributed by atoms with Crippen molar-refractivity contribution in [2.24, 2.45) is 5.92 Å². The van der Waals surface area contributed by atoms with Crippen LogP contribution in [0.25, 0.3) is 0 Å². The molecular formula is C11H16N2. The van der Waals surface area contributed by atoms with Gasteiger partial charge < -0.3 is 5.32 Å². The molecule has 1 aliphatic carbocycles. The highest BCUT2D eigenvalue weighted by molar-refractivity contribution is 5.31. The van der Waals surface area contributed by atoms with Gasteiger partial charge in [-0.25, -0.2) is 0 Å². The quantitative estimate of drug-likeness (QED) is 0.756. The standard InChI is InChI=1S/C11H16N2/c1-9-6-11(9,8-12-2)10-4-3-5-13-7-10/h3-5,7,9,12H,6,8H2,1-2H3. The van der Waals surface area contributed by atoms with Crippen molar-refractivity contribution in [3.63, 3.8) is 0 Å². The van der Waals surface area contributed by atoms with Gasteiger partial charge in [0.1, 0.15) is 0 Å². The minimum absolute atomic E-state index is 0.378. The summed E-state index contributed by atoms with van der Waals surface area (Å²) < 4.78 is 0. The van der Waals surface area contributed by atoms with Gasteiger partial charge in [-0.3, -0.25) is 4.98 Å². The SMILES string of the molecule is CNCC1(c2cccnc2)CC1C. The molecule has 0 aliphatic heterocycles. The van der Waals surface area contributed by atoms with Crippen molar-refractivity contribution < 1.29 is 0 Å². The van der Waals surface area contributed by atoms with Crippen LogP contribution in [0.15, 0.2) is 24.5 Å². The molecule has 1 saturated carbocycles. The van der Waals surface area contributed by atoms with E-state index in [9.17, 15) is 0 Å². The first-order valence-corrected chi connectivity index (χ1v) is 4.85. The van der Waals surface area contributed by atoms with Crippen molar-refractivity contribution >= 4 is 0 Å². The van der Waals surface area contributed by atoms with Gasteiger partial charge in [0.05, 0.1) is 0 Å². The summed E-state index contributed by atoms with van der Waals surface area (Å²) in [5.74, 6) is 0.796. The maximum absolute atomic E-state index is 4.18. The number of nitrogens with one attached hydrogen (secondary N) is 1. The molecule has 2 unspecified atom stereocenters. The van der Waals surface area contributed by atoms with Crippen LogP contribution in [0.5, 0.6) is 0 Å². The lowest BCUT2D eigenvalue weighted by Crippen LogP contribution is -2.25. The Labute approximate surface area is 79.4 Å². The Balaban J connectivity index is 2.24. The smallest absolute Gasteiger partial charge is 0.0306 e. The van der Waals surface area contributed by atoms with E-state index in [0.29, 0.717) is 5.41 Å². The van der Waals surface area contributed by atoms with Crippen LogP contribution >= 0.6 is 0 Å². The fraction of sp³-hybridized carbons (Fsp3) is 0.545. The van der Waals surface area contributed by atoms with Crippen LogP contribution in [0, 0.1) is 5.92 Å². The summed E-state index contributed by atoms with van der Waals surface area (Å²) in [5.41, 5.74) is 1.76. The predicted molar refractivity (Wildman–Crippen MR) is 53.6 cm³/mol. The largest absolute Gasteiger partial charge is 0.319 e. The van der Waals surface area contributed by atoms with E-state index in [1.165, 1.54) is 12.0 Å². The molecular weight excluding hydrogens is 160 g/mol. The minimum Gasteiger partial charge on any atom is -0.319 e. The average Bonchev–Trinajstić information content (AvgIpc) is 2.80. The van der Waals surface area contributed by atoms with E-state index in [2.05, 4.69) is 23.3 Å². The summed E-state index contributed by atoms with van der Waals surface area (Å²) in [4.78, 5) is 4.18. The Bertz CT molecular complexity index is 283. The molecule has 13 heavy (non-hydrogen) atoms. The molecule has 0 aromatic carbocycles. The van der Waals surface area contributed by atoms with Crippen LogP contribution in [0.3, 0.4) is 0 Å². The topological polar surface area (TPSA) is 24.9 Å². The Morgan fingerprint density at radius 3 is 2.92 bits per heavy atom. The van der Waals surface area contributed by atoms with Gasteiger partial charge in [-0.2, -0.15) is 0 Å². The lowest BCUT2D eigenvalue weighted by Gasteiger charge is -2.15. The monoisotopic (exact) mass is 176 g/mol. The van der Waals surface area contributed by atoms with Crippen molar-refractivity contribution in [3.8, 4) is 0 Å². The molecule has 2 rings (SSSR count). The number of nitrogens with zero attached hydrogens (tertiary/aromatic N) is 1. The van der Waals surface area contributed by atoms with Gasteiger partial charge in [-0.1, -0.05) is 13.0 Å². The third kappa shape index (κ3) is 1.35. The maximum Gasteiger partial charge on any atom is 0.0306 e. The molecule has 2 heteroatoms. The first kappa shape index (κ1) is 8.70. The van der Waals surface area contributed by atoms with Crippen molar-refractivity contribution in [3.05, 3.63) is 30.1 Å². The molecule has 1 N–H and O–H groups in total. The molecule has 0 radical (unpaired) electrons. The van der Waals surface area contributed by atoms with Gasteiger partial charge in [0.15, 0.2) is 0 Å². The minimum atomic E-state index is 0.378. The number of pyridine rings is 1. The molecule has 1 fully saturated rings. The third-order valence-corrected chi connectivity index (χ3v) is 3.18. The molecule has 2 atom stereocenters. The molecule has 1 heterocycles. The molecule has 2 nitrogen and oxygen atoms in total. The Morgan fingerprint density at radius 2 is 2.46 bits per heavy atom. The predicted octanol–water partition coefficient (Wildman–Crippen LogP) is 1.58. The lowest BCUT2D eigenvalue weighted by atomic mass is 9.95. The fourth-order valence-corrected chi connectivity index (χ4v) is 2.21. The van der Waals surface area contributed by atoms with E-state index in [-0.39, 0.29) is 0 Å². The molecule has 1 aliphatic rings. The second-order valence-electron chi connectivity index (χ2n) is 4.03. The highest BCUT2D eigenvalue weighted by atomic mass is 14.9. The van der Waals surface area contributed by atoms with Gasteiger partial charge >= 0.3 is 0 Å². The summed E-state index contributed by atoms with van der Waals surface area (Å²) >= 11 is 0. The zero-order chi connectivity index (χ0) is 9.31. The van der Waals surface area contributed by atoms with E-state index in [1.54, 1.807) is 0 Å². The van der Waals surface area contributed by atoms with Crippen LogP contribution in [-0.2, 0) is 5.41 Å². The van der Waals surface area contributed by atoms with Crippen molar-refractivity contribution in [2.45, 2.75) is 18.8 Å². The lowest BCUT2D eigenvalue weighted by molar-refractivity contribution is 0.579. The summed E-state index contributed by atoms with van der Waals surface area (Å²) in [6.45, 7) is 3.38. The number of aromatic nitrogens is 1. The maximum atomic E-state index is 4.18. The van der Waals surface area contributed by atoms with Crippen molar-refractivity contribution in [2.75, 3.05) is 13.6 Å². The van der Waals surface area contributed by atoms with Gasteiger partial charge in [0, 0.05) is 24.4 Å². The van der Waals surface area contributed by atoms with Gasteiger partial charge in [-0.15, -0.1) is 0 Å². The van der Waals surface area contributed by atoms with E-state index in [0.717, 1.165) is 12.5 Å². The highest BCUT2D eigenvalue weighted by Crippen LogP contribution is 2.53. The summed E-state index contributed by atoms with van der Waals surface area (Å²) in [5, 5.41) is 3.27. The molecule has 0 spiro atoms. The van der Waals surface area contributed by atoms with Gasteiger partial charge in [0.2, 0.25) is 0 Å². The van der Waals surface area contributed by atoms with E-state index in [4.69, 9.17) is 0 Å². The zero-order valence-electron chi connectivity index (χ0n) is 8.25. The van der Waals surface area contributed by atoms with Crippen LogP contribution in [0.2, 0.25) is 0 Å². The van der Waals surface area contributed by atoms with E-state index >= 15 is 0 Å². The Kier molecular flexibility index (Phi) is 2.08. The van der Waals surface area contributed by atoms with Gasteiger partial charge in [-0.05, 0) is 31.0 Å². The second kappa shape index (κ2) is 3.11. The fourth-order valence-electron chi connectivity index (χ4n) is 2.21. The number of hydrogen-bond donors (Lipinski definition) is 1. The number of hydrogen-bond acceptors (Lipinski definition) is 2. The van der Waals surface area contributed by atoms with E-state index < -0.39 is 0 Å². The summed E-state index contributed by atoms with van der Waals surface area (Å²) in [6, 6.07) is 4.21. The first-order chi connectivity index (χ1) is 6.29. The molecule has 1 aromatic heterocycles. The van der Waals surface area contributed by atoms with Gasteiger partial charge in [0.25, 0.3) is 0 Å². The molecule has 0 amide bonds. The summed E-state index contributed by atoms with van der Waals surface area (Å²) in [7, 11) is 2.02. The van der Waals surface area contributed by atoms with E-state index in [1.807, 2.05) is 25.5 Å². The molecule has 0 bridgehead atoms. The normalized spacial score (nSPS) is 31.7. The Morgan fingerprint density at radius 1 is 1.69 bits per heavy atom.